The predicted octanol–water partition coefficient (Wildman–Crippen LogP) is 1.37. The van der Waals surface area contributed by atoms with Crippen LogP contribution in [-0.2, 0) is 23.8 Å². The minimum atomic E-state index is -0.0414. The highest BCUT2D eigenvalue weighted by Gasteiger charge is 2.02. The van der Waals surface area contributed by atoms with Crippen LogP contribution in [0.2, 0.25) is 0 Å². The lowest BCUT2D eigenvalue weighted by atomic mass is 10.4. The molecule has 0 saturated carbocycles. The summed E-state index contributed by atoms with van der Waals surface area (Å²) < 4.78 is 15.8. The summed E-state index contributed by atoms with van der Waals surface area (Å²) in [5, 5.41) is 8.74. The monoisotopic (exact) mass is 423 g/mol. The lowest BCUT2D eigenvalue weighted by molar-refractivity contribution is -0.122. The van der Waals surface area contributed by atoms with Crippen LogP contribution in [0.15, 0.2) is 5.11 Å². The molecule has 12 heteroatoms. The molecule has 0 rings (SSSR count). The lowest BCUT2D eigenvalue weighted by Gasteiger charge is -2.07. The molecule has 0 saturated heterocycles. The van der Waals surface area contributed by atoms with Gasteiger partial charge in [0.2, 0.25) is 11.8 Å². The molecular weight excluding hydrogens is 394 g/mol. The van der Waals surface area contributed by atoms with Crippen LogP contribution in [0.1, 0.15) is 12.8 Å². The molecule has 0 bridgehead atoms. The molecule has 156 valence electrons. The van der Waals surface area contributed by atoms with Crippen molar-refractivity contribution in [2.45, 2.75) is 12.8 Å². The van der Waals surface area contributed by atoms with Gasteiger partial charge in [0.25, 0.3) is 0 Å². The van der Waals surface area contributed by atoms with Crippen molar-refractivity contribution < 1.29 is 23.8 Å². The van der Waals surface area contributed by atoms with Crippen molar-refractivity contribution in [3.63, 3.8) is 0 Å². The molecule has 0 radical (unpaired) electrons. The van der Waals surface area contributed by atoms with Crippen molar-refractivity contribution in [2.24, 2.45) is 5.11 Å². The number of hydrogen-bond donors (Lipinski definition) is 2. The molecule has 0 spiro atoms. The molecule has 0 heterocycles. The normalized spacial score (nSPS) is 10.3. The van der Waals surface area contributed by atoms with Gasteiger partial charge in [-0.05, 0) is 5.53 Å². The number of azide groups is 1. The van der Waals surface area contributed by atoms with Gasteiger partial charge in [0.15, 0.2) is 0 Å². The van der Waals surface area contributed by atoms with Crippen LogP contribution >= 0.6 is 21.6 Å². The van der Waals surface area contributed by atoms with Gasteiger partial charge in [-0.3, -0.25) is 9.59 Å². The Balaban J connectivity index is 3.21. The Kier molecular flexibility index (Phi) is 20.2. The predicted molar refractivity (Wildman–Crippen MR) is 108 cm³/mol. The number of rotatable bonds is 19. The second-order valence-corrected chi connectivity index (χ2v) is 7.66. The van der Waals surface area contributed by atoms with Crippen molar-refractivity contribution in [3.05, 3.63) is 10.4 Å². The minimum Gasteiger partial charge on any atom is -0.379 e. The van der Waals surface area contributed by atoms with Crippen molar-refractivity contribution in [1.82, 2.24) is 10.6 Å². The van der Waals surface area contributed by atoms with Crippen LogP contribution in [0.4, 0.5) is 0 Å². The van der Waals surface area contributed by atoms with Crippen molar-refractivity contribution in [1.29, 1.82) is 0 Å². The molecule has 0 aromatic rings. The van der Waals surface area contributed by atoms with Crippen molar-refractivity contribution >= 4 is 33.4 Å². The third-order valence-corrected chi connectivity index (χ3v) is 5.31. The van der Waals surface area contributed by atoms with Crippen molar-refractivity contribution in [3.8, 4) is 0 Å². The highest BCUT2D eigenvalue weighted by atomic mass is 33.1. The fourth-order valence-corrected chi connectivity index (χ4v) is 3.45. The molecule has 27 heavy (non-hydrogen) atoms. The summed E-state index contributed by atoms with van der Waals surface area (Å²) in [5.74, 6) is 1.55. The van der Waals surface area contributed by atoms with Gasteiger partial charge < -0.3 is 24.8 Å². The zero-order valence-corrected chi connectivity index (χ0v) is 17.3. The largest absolute Gasteiger partial charge is 0.379 e. The second-order valence-electron chi connectivity index (χ2n) is 4.96. The van der Waals surface area contributed by atoms with Crippen LogP contribution < -0.4 is 10.6 Å². The molecule has 0 aromatic heterocycles. The Hall–Kier alpha value is -1.17. The topological polar surface area (TPSA) is 135 Å². The highest BCUT2D eigenvalue weighted by Crippen LogP contribution is 2.20. The first-order valence-corrected chi connectivity index (χ1v) is 11.1. The molecular formula is C15H29N5O5S2. The summed E-state index contributed by atoms with van der Waals surface area (Å²) in [5.41, 5.74) is 8.08. The number of ether oxygens (including phenoxy) is 3. The summed E-state index contributed by atoms with van der Waals surface area (Å²) in [6, 6.07) is 0. The van der Waals surface area contributed by atoms with Gasteiger partial charge in [-0.25, -0.2) is 0 Å². The molecule has 10 nitrogen and oxygen atoms in total. The summed E-state index contributed by atoms with van der Waals surface area (Å²) in [4.78, 5) is 25.2. The number of carbonyl (C=O) groups excluding carboxylic acids is 2. The van der Waals surface area contributed by atoms with E-state index in [1.807, 2.05) is 0 Å². The van der Waals surface area contributed by atoms with Crippen molar-refractivity contribution in [2.75, 3.05) is 71.3 Å². The first-order chi connectivity index (χ1) is 13.2. The maximum absolute atomic E-state index is 11.6. The smallest absolute Gasteiger partial charge is 0.222 e. The maximum Gasteiger partial charge on any atom is 0.222 e. The summed E-state index contributed by atoms with van der Waals surface area (Å²) in [7, 11) is 4.89. The van der Waals surface area contributed by atoms with E-state index in [9.17, 15) is 9.59 Å². The average molecular weight is 424 g/mol. The van der Waals surface area contributed by atoms with Gasteiger partial charge in [0.05, 0.1) is 39.6 Å². The van der Waals surface area contributed by atoms with E-state index in [1.54, 1.807) is 28.6 Å². The molecule has 0 aliphatic carbocycles. The Morgan fingerprint density at radius 2 is 1.56 bits per heavy atom. The lowest BCUT2D eigenvalue weighted by Crippen LogP contribution is -2.26. The van der Waals surface area contributed by atoms with Crippen LogP contribution in [-0.4, -0.2) is 83.1 Å². The van der Waals surface area contributed by atoms with Crippen LogP contribution in [0.3, 0.4) is 0 Å². The molecule has 0 fully saturated rings. The summed E-state index contributed by atoms with van der Waals surface area (Å²) in [6.07, 6.45) is 0.822. The van der Waals surface area contributed by atoms with Gasteiger partial charge in [-0.1, -0.05) is 26.7 Å². The van der Waals surface area contributed by atoms with E-state index in [4.69, 9.17) is 19.7 Å². The fourth-order valence-electron chi connectivity index (χ4n) is 1.55. The second kappa shape index (κ2) is 21.1. The molecule has 0 aromatic carbocycles. The molecule has 0 aliphatic heterocycles. The van der Waals surface area contributed by atoms with E-state index in [0.29, 0.717) is 65.6 Å². The van der Waals surface area contributed by atoms with Gasteiger partial charge >= 0.3 is 0 Å². The van der Waals surface area contributed by atoms with E-state index >= 15 is 0 Å². The molecule has 0 atom stereocenters. The van der Waals surface area contributed by atoms with E-state index in [1.165, 1.54) is 0 Å². The number of carbonyl (C=O) groups is 2. The number of nitrogens with zero attached hydrogens (tertiary/aromatic N) is 3. The molecule has 0 unspecified atom stereocenters. The number of nitrogens with one attached hydrogen (secondary N) is 2. The third-order valence-electron chi connectivity index (χ3n) is 2.90. The zero-order chi connectivity index (χ0) is 20.0. The van der Waals surface area contributed by atoms with Gasteiger partial charge in [-0.15, -0.1) is 0 Å². The van der Waals surface area contributed by atoms with Crippen LogP contribution in [0.25, 0.3) is 10.4 Å². The standard InChI is InChI=1S/C15H29N5O5S2/c1-17-14(21)3-12-26-27-13-5-18-15(22)2-6-23-8-10-25-11-9-24-7-4-19-20-16/h2-13H2,1H3,(H,17,21)(H,18,22). The average Bonchev–Trinajstić information content (AvgIpc) is 2.67. The highest BCUT2D eigenvalue weighted by molar-refractivity contribution is 8.76. The molecule has 0 aliphatic rings. The Morgan fingerprint density at radius 1 is 0.926 bits per heavy atom. The number of amides is 2. The molecule has 2 N–H and O–H groups in total. The minimum absolute atomic E-state index is 0.0392. The SMILES string of the molecule is CNC(=O)CCSSCCNC(=O)CCOCCOCCOCCN=[N+]=[N-]. The maximum atomic E-state index is 11.6. The van der Waals surface area contributed by atoms with E-state index in [-0.39, 0.29) is 11.8 Å². The first-order valence-electron chi connectivity index (χ1n) is 8.66. The number of hydrogen-bond acceptors (Lipinski definition) is 8. The zero-order valence-electron chi connectivity index (χ0n) is 15.7. The van der Waals surface area contributed by atoms with Gasteiger partial charge in [0, 0.05) is 49.4 Å². The van der Waals surface area contributed by atoms with E-state index in [0.717, 1.165) is 11.5 Å². The summed E-state index contributed by atoms with van der Waals surface area (Å²) in [6.45, 7) is 3.38. The molecule has 2 amide bonds. The quantitative estimate of drug-likeness (QED) is 0.105. The Bertz CT molecular complexity index is 439. The fraction of sp³-hybridized carbons (Fsp3) is 0.867. The van der Waals surface area contributed by atoms with Gasteiger partial charge in [-0.2, -0.15) is 0 Å². The van der Waals surface area contributed by atoms with E-state index < -0.39 is 0 Å². The van der Waals surface area contributed by atoms with Gasteiger partial charge in [0.1, 0.15) is 0 Å². The first kappa shape index (κ1) is 25.8. The summed E-state index contributed by atoms with van der Waals surface area (Å²) >= 11 is 0. The van der Waals surface area contributed by atoms with E-state index in [2.05, 4.69) is 20.7 Å². The Morgan fingerprint density at radius 3 is 2.22 bits per heavy atom. The third kappa shape index (κ3) is 21.0. The Labute approximate surface area is 167 Å². The van der Waals surface area contributed by atoms with Crippen LogP contribution in [0, 0.1) is 0 Å². The van der Waals surface area contributed by atoms with Crippen LogP contribution in [0.5, 0.6) is 0 Å².